The minimum Gasteiger partial charge on any atom is -0.493 e. The molecule has 264 valence electrons. The second-order valence-electron chi connectivity index (χ2n) is 13.2. The normalized spacial score (nSPS) is 12.7. The SMILES string of the molecule is CN(C)C(=O)[ClH+].Cc1cc(C)c(-c2c(O)n3n(c2=O)CCC3)c(C)c1.Cc1cc(C)c(-c2c(OC(=O)N(C)C)n3n(c2=O)CCC3)c(C)c1. The molecule has 0 aliphatic carbocycles. The molecular formula is C36H48ClN6O6+. The molecule has 2 aromatic carbocycles. The number of hydrogen-bond donors (Lipinski definition) is 1. The molecule has 2 aromatic heterocycles. The zero-order valence-corrected chi connectivity index (χ0v) is 30.9. The van der Waals surface area contributed by atoms with Crippen LogP contribution in [0.4, 0.5) is 9.59 Å². The number of ether oxygens (including phenoxy) is 1. The van der Waals surface area contributed by atoms with Gasteiger partial charge in [0, 0.05) is 54.4 Å². The molecule has 12 nitrogen and oxygen atoms in total. The monoisotopic (exact) mass is 695 g/mol. The maximum absolute atomic E-state index is 13.0. The molecule has 0 saturated heterocycles. The van der Waals surface area contributed by atoms with Crippen molar-refractivity contribution in [3.8, 4) is 34.0 Å². The average molecular weight is 696 g/mol. The lowest BCUT2D eigenvalue weighted by atomic mass is 9.95. The van der Waals surface area contributed by atoms with E-state index in [0.717, 1.165) is 51.8 Å². The van der Waals surface area contributed by atoms with Gasteiger partial charge in [-0.15, -0.1) is 0 Å². The highest BCUT2D eigenvalue weighted by atomic mass is 35.5. The largest absolute Gasteiger partial charge is 0.503 e. The summed E-state index contributed by atoms with van der Waals surface area (Å²) in [6, 6.07) is 8.20. The van der Waals surface area contributed by atoms with Crippen molar-refractivity contribution in [2.75, 3.05) is 28.2 Å². The number of aryl methyl sites for hydroxylation is 6. The fourth-order valence-corrected chi connectivity index (χ4v) is 6.64. The fraction of sp³-hybridized carbons (Fsp3) is 0.444. The third-order valence-electron chi connectivity index (χ3n) is 8.64. The summed E-state index contributed by atoms with van der Waals surface area (Å²) in [6.07, 6.45) is 1.30. The zero-order valence-electron chi connectivity index (χ0n) is 30.1. The number of aromatic nitrogens is 4. The Hall–Kier alpha value is -4.71. The number of fused-ring (bicyclic) bond motifs is 2. The van der Waals surface area contributed by atoms with Gasteiger partial charge in [0.05, 0.1) is 0 Å². The Labute approximate surface area is 291 Å². The molecule has 0 bridgehead atoms. The fourth-order valence-electron chi connectivity index (χ4n) is 6.64. The smallest absolute Gasteiger partial charge is 0.493 e. The van der Waals surface area contributed by atoms with Gasteiger partial charge in [-0.2, -0.15) is 0 Å². The molecule has 49 heavy (non-hydrogen) atoms. The third kappa shape index (κ3) is 7.49. The first-order valence-corrected chi connectivity index (χ1v) is 16.7. The van der Waals surface area contributed by atoms with E-state index in [1.54, 1.807) is 46.9 Å². The molecule has 4 aromatic rings. The Kier molecular flexibility index (Phi) is 11.2. The summed E-state index contributed by atoms with van der Waals surface area (Å²) in [6.45, 7) is 14.7. The number of aromatic hydroxyl groups is 1. The van der Waals surface area contributed by atoms with Crippen LogP contribution in [0.1, 0.15) is 46.2 Å². The standard InChI is InChI=1S/C18H23N3O3.C15H18N2O2.C3H7ClNO/c1-11-9-12(2)14(13(3)10-11)15-16(22)20-7-6-8-21(20)17(15)24-18(23)19(4)5;1-9-7-10(2)12(11(3)8-9)13-14(18)16-5-4-6-17(16)15(13)19;1-5(2)3(4)6/h9-10H,6-8H2,1-5H3;7-8,18H,4-6H2,1-3H3;4H,1-2H3/q;;+1. The minimum absolute atomic E-state index is 0.0787. The number of benzene rings is 2. The van der Waals surface area contributed by atoms with E-state index < -0.39 is 6.09 Å². The third-order valence-corrected chi connectivity index (χ3v) is 9.01. The zero-order chi connectivity index (χ0) is 36.5. The van der Waals surface area contributed by atoms with Gasteiger partial charge in [-0.25, -0.2) is 19.0 Å². The van der Waals surface area contributed by atoms with Crippen molar-refractivity contribution >= 4 is 11.5 Å². The van der Waals surface area contributed by atoms with Crippen LogP contribution in [0.5, 0.6) is 11.8 Å². The predicted octanol–water partition coefficient (Wildman–Crippen LogP) is 5.01. The van der Waals surface area contributed by atoms with Crippen LogP contribution in [0.15, 0.2) is 33.9 Å². The van der Waals surface area contributed by atoms with E-state index in [1.165, 1.54) is 15.4 Å². The molecule has 1 N–H and O–H groups in total. The molecule has 6 rings (SSSR count). The van der Waals surface area contributed by atoms with Gasteiger partial charge in [-0.05, 0) is 87.8 Å². The minimum atomic E-state index is -0.480. The van der Waals surface area contributed by atoms with Crippen LogP contribution < -0.4 is 15.9 Å². The van der Waals surface area contributed by atoms with Crippen molar-refractivity contribution in [2.24, 2.45) is 0 Å². The first kappa shape index (κ1) is 37.1. The number of halogens is 1. The highest BCUT2D eigenvalue weighted by Crippen LogP contribution is 2.36. The highest BCUT2D eigenvalue weighted by Gasteiger charge is 2.30. The number of rotatable bonds is 3. The second kappa shape index (κ2) is 14.8. The van der Waals surface area contributed by atoms with E-state index in [2.05, 4.69) is 23.7 Å². The van der Waals surface area contributed by atoms with Crippen molar-refractivity contribution in [1.29, 1.82) is 0 Å². The van der Waals surface area contributed by atoms with Crippen LogP contribution in [0, 0.1) is 53.1 Å². The van der Waals surface area contributed by atoms with Crippen LogP contribution in [-0.2, 0) is 26.2 Å². The maximum atomic E-state index is 13.0. The Balaban J connectivity index is 0.000000193. The van der Waals surface area contributed by atoms with Gasteiger partial charge < -0.3 is 14.7 Å². The summed E-state index contributed by atoms with van der Waals surface area (Å²) in [5.74, 6) is 0.462. The number of hydrogen-bond acceptors (Lipinski definition) is 6. The molecule has 0 unspecified atom stereocenters. The Morgan fingerprint density at radius 1 is 0.633 bits per heavy atom. The van der Waals surface area contributed by atoms with E-state index >= 15 is 0 Å². The van der Waals surface area contributed by atoms with Gasteiger partial charge in [0.25, 0.3) is 11.1 Å². The quantitative estimate of drug-likeness (QED) is 0.238. The van der Waals surface area contributed by atoms with Gasteiger partial charge in [-0.1, -0.05) is 35.4 Å². The van der Waals surface area contributed by atoms with Gasteiger partial charge in [0.2, 0.25) is 23.4 Å². The molecular weight excluding hydrogens is 648 g/mol. The van der Waals surface area contributed by atoms with Crippen molar-refractivity contribution in [1.82, 2.24) is 28.5 Å². The Morgan fingerprint density at radius 3 is 1.41 bits per heavy atom. The molecule has 4 heterocycles. The average Bonchev–Trinajstić information content (AvgIpc) is 3.77. The van der Waals surface area contributed by atoms with Gasteiger partial charge in [0.1, 0.15) is 11.1 Å². The first-order chi connectivity index (χ1) is 23.0. The number of amides is 2. The molecule has 2 aliphatic heterocycles. The van der Waals surface area contributed by atoms with E-state index in [9.17, 15) is 24.3 Å². The number of carbonyl (C=O) groups is 2. The molecule has 13 heteroatoms. The van der Waals surface area contributed by atoms with Crippen molar-refractivity contribution in [2.45, 2.75) is 80.6 Å². The lowest BCUT2D eigenvalue weighted by molar-refractivity contribution is -0.262. The summed E-state index contributed by atoms with van der Waals surface area (Å²) >= 11 is 4.19. The van der Waals surface area contributed by atoms with E-state index in [1.807, 2.05) is 53.7 Å². The van der Waals surface area contributed by atoms with Crippen LogP contribution in [0.25, 0.3) is 22.3 Å². The Bertz CT molecular complexity index is 1980. The Morgan fingerprint density at radius 2 is 1.00 bits per heavy atom. The molecule has 0 radical (unpaired) electrons. The molecule has 2 amide bonds. The van der Waals surface area contributed by atoms with Gasteiger partial charge >= 0.3 is 11.5 Å². The topological polar surface area (TPSA) is 124 Å². The second-order valence-corrected chi connectivity index (χ2v) is 13.5. The van der Waals surface area contributed by atoms with E-state index in [0.29, 0.717) is 43.2 Å². The van der Waals surface area contributed by atoms with Crippen LogP contribution in [-0.4, -0.2) is 73.3 Å². The number of carbonyl (C=O) groups excluding carboxylic acids is 2. The van der Waals surface area contributed by atoms with Crippen LogP contribution in [0.3, 0.4) is 0 Å². The summed E-state index contributed by atoms with van der Waals surface area (Å²) in [7, 11) is 6.50. The lowest BCUT2D eigenvalue weighted by Gasteiger charge is -2.15. The predicted molar refractivity (Wildman–Crippen MR) is 188 cm³/mol. The molecule has 0 atom stereocenters. The summed E-state index contributed by atoms with van der Waals surface area (Å²) in [5, 5.41) is 10.0. The highest BCUT2D eigenvalue weighted by molar-refractivity contribution is 5.79. The molecule has 2 aliphatic rings. The number of nitrogens with zero attached hydrogens (tertiary/aromatic N) is 6. The summed E-state index contributed by atoms with van der Waals surface area (Å²) in [5.41, 5.74) is 8.92. The van der Waals surface area contributed by atoms with Crippen molar-refractivity contribution in [3.05, 3.63) is 78.4 Å². The molecule has 0 fully saturated rings. The molecule has 0 saturated carbocycles. The molecule has 0 spiro atoms. The van der Waals surface area contributed by atoms with Gasteiger partial charge in [0.15, 0.2) is 0 Å². The van der Waals surface area contributed by atoms with E-state index in [-0.39, 0.29) is 22.4 Å². The summed E-state index contributed by atoms with van der Waals surface area (Å²) < 4.78 is 12.4. The first-order valence-electron chi connectivity index (χ1n) is 16.3. The van der Waals surface area contributed by atoms with Crippen molar-refractivity contribution in [3.63, 3.8) is 0 Å². The maximum Gasteiger partial charge on any atom is 0.503 e. The van der Waals surface area contributed by atoms with Crippen molar-refractivity contribution < 1.29 is 31.0 Å². The van der Waals surface area contributed by atoms with Crippen LogP contribution in [0.2, 0.25) is 0 Å². The lowest BCUT2D eigenvalue weighted by Crippen LogP contribution is -2.26. The van der Waals surface area contributed by atoms with Crippen LogP contribution >= 0.6 is 0 Å². The van der Waals surface area contributed by atoms with E-state index in [4.69, 9.17) is 4.74 Å². The summed E-state index contributed by atoms with van der Waals surface area (Å²) in [4.78, 5) is 50.1. The van der Waals surface area contributed by atoms with Gasteiger partial charge in [-0.3, -0.25) is 23.9 Å².